The Morgan fingerprint density at radius 2 is 2.33 bits per heavy atom. The number of pyridine rings is 1. The zero-order valence-corrected chi connectivity index (χ0v) is 8.54. The van der Waals surface area contributed by atoms with Crippen LogP contribution in [0.25, 0.3) is 0 Å². The summed E-state index contributed by atoms with van der Waals surface area (Å²) in [5.41, 5.74) is 0.792. The molecule has 0 fully saturated rings. The zero-order chi connectivity index (χ0) is 11.1. The van der Waals surface area contributed by atoms with Crippen molar-refractivity contribution < 1.29 is 13.5 Å². The summed E-state index contributed by atoms with van der Waals surface area (Å²) in [6.45, 7) is 2.77. The predicted octanol–water partition coefficient (Wildman–Crippen LogP) is 1.83. The van der Waals surface area contributed by atoms with Gasteiger partial charge >= 0.3 is 0 Å². The summed E-state index contributed by atoms with van der Waals surface area (Å²) in [6, 6.07) is 1.59. The van der Waals surface area contributed by atoms with Crippen molar-refractivity contribution >= 4 is 0 Å². The van der Waals surface area contributed by atoms with Gasteiger partial charge in [-0.1, -0.05) is 6.92 Å². The fourth-order valence-electron chi connectivity index (χ4n) is 1.10. The molecule has 1 aromatic heterocycles. The Balaban J connectivity index is 2.59. The Bertz CT molecular complexity index is 295. The Kier molecular flexibility index (Phi) is 4.97. The van der Waals surface area contributed by atoms with Gasteiger partial charge in [0.05, 0.1) is 0 Å². The molecule has 0 amide bonds. The van der Waals surface area contributed by atoms with Gasteiger partial charge in [-0.05, 0) is 12.6 Å². The zero-order valence-electron chi connectivity index (χ0n) is 8.54. The highest BCUT2D eigenvalue weighted by Crippen LogP contribution is 2.16. The highest BCUT2D eigenvalue weighted by atomic mass is 19.3. The molecule has 0 radical (unpaired) electrons. The summed E-state index contributed by atoms with van der Waals surface area (Å²) in [7, 11) is 0. The maximum absolute atomic E-state index is 11.9. The standard InChI is InChI=1S/C10H14F2N2O/c1-2-13-5-8-6-14-4-3-9(8)15-7-10(11)12/h3-4,6,10,13H,2,5,7H2,1H3. The number of nitrogens with zero attached hydrogens (tertiary/aromatic N) is 1. The number of alkyl halides is 2. The van der Waals surface area contributed by atoms with Crippen molar-refractivity contribution in [2.75, 3.05) is 13.2 Å². The van der Waals surface area contributed by atoms with Gasteiger partial charge < -0.3 is 10.1 Å². The van der Waals surface area contributed by atoms with Gasteiger partial charge in [0.25, 0.3) is 6.43 Å². The summed E-state index contributed by atoms with van der Waals surface area (Å²) < 4.78 is 28.9. The van der Waals surface area contributed by atoms with E-state index in [9.17, 15) is 8.78 Å². The molecule has 0 saturated carbocycles. The number of ether oxygens (including phenoxy) is 1. The molecule has 0 aromatic carbocycles. The number of hydrogen-bond acceptors (Lipinski definition) is 3. The molecular weight excluding hydrogens is 202 g/mol. The Hall–Kier alpha value is -1.23. The van der Waals surface area contributed by atoms with Crippen LogP contribution in [0.3, 0.4) is 0 Å². The van der Waals surface area contributed by atoms with E-state index in [2.05, 4.69) is 10.3 Å². The average Bonchev–Trinajstić information content (AvgIpc) is 2.24. The van der Waals surface area contributed by atoms with Crippen LogP contribution in [0.2, 0.25) is 0 Å². The third kappa shape index (κ3) is 4.20. The molecule has 3 nitrogen and oxygen atoms in total. The Morgan fingerprint density at radius 1 is 1.53 bits per heavy atom. The van der Waals surface area contributed by atoms with Crippen LogP contribution >= 0.6 is 0 Å². The lowest BCUT2D eigenvalue weighted by molar-refractivity contribution is 0.0813. The van der Waals surface area contributed by atoms with Crippen molar-refractivity contribution in [3.05, 3.63) is 24.0 Å². The van der Waals surface area contributed by atoms with Crippen LogP contribution in [0.1, 0.15) is 12.5 Å². The third-order valence-corrected chi connectivity index (χ3v) is 1.79. The molecule has 15 heavy (non-hydrogen) atoms. The molecule has 1 rings (SSSR count). The van der Waals surface area contributed by atoms with E-state index in [-0.39, 0.29) is 0 Å². The molecule has 84 valence electrons. The van der Waals surface area contributed by atoms with Crippen LogP contribution < -0.4 is 10.1 Å². The van der Waals surface area contributed by atoms with Gasteiger partial charge in [-0.3, -0.25) is 4.98 Å². The molecule has 0 aliphatic heterocycles. The van der Waals surface area contributed by atoms with Gasteiger partial charge in [-0.2, -0.15) is 0 Å². The minimum absolute atomic E-state index is 0.464. The van der Waals surface area contributed by atoms with E-state index in [1.807, 2.05) is 6.92 Å². The van der Waals surface area contributed by atoms with Crippen molar-refractivity contribution in [2.24, 2.45) is 0 Å². The topological polar surface area (TPSA) is 34.2 Å². The van der Waals surface area contributed by atoms with Crippen LogP contribution in [0, 0.1) is 0 Å². The van der Waals surface area contributed by atoms with E-state index in [1.54, 1.807) is 12.3 Å². The SMILES string of the molecule is CCNCc1cnccc1OCC(F)F. The fraction of sp³-hybridized carbons (Fsp3) is 0.500. The van der Waals surface area contributed by atoms with Gasteiger partial charge in [0.15, 0.2) is 0 Å². The van der Waals surface area contributed by atoms with E-state index in [4.69, 9.17) is 4.74 Å². The lowest BCUT2D eigenvalue weighted by Crippen LogP contribution is -2.14. The largest absolute Gasteiger partial charge is 0.487 e. The highest BCUT2D eigenvalue weighted by molar-refractivity contribution is 5.29. The van der Waals surface area contributed by atoms with Gasteiger partial charge in [0.1, 0.15) is 12.4 Å². The molecular formula is C10H14F2N2O. The minimum atomic E-state index is -2.45. The molecule has 1 N–H and O–H groups in total. The molecule has 1 heterocycles. The Morgan fingerprint density at radius 3 is 3.00 bits per heavy atom. The lowest BCUT2D eigenvalue weighted by atomic mass is 10.2. The van der Waals surface area contributed by atoms with Crippen molar-refractivity contribution in [3.63, 3.8) is 0 Å². The normalized spacial score (nSPS) is 10.7. The number of halogens is 2. The first-order valence-electron chi connectivity index (χ1n) is 4.78. The molecule has 0 spiro atoms. The van der Waals surface area contributed by atoms with Crippen LogP contribution in [-0.2, 0) is 6.54 Å². The molecule has 1 aromatic rings. The van der Waals surface area contributed by atoms with E-state index in [0.29, 0.717) is 12.3 Å². The second kappa shape index (κ2) is 6.29. The van der Waals surface area contributed by atoms with E-state index >= 15 is 0 Å². The van der Waals surface area contributed by atoms with E-state index < -0.39 is 13.0 Å². The first-order valence-corrected chi connectivity index (χ1v) is 4.78. The Labute approximate surface area is 87.5 Å². The third-order valence-electron chi connectivity index (χ3n) is 1.79. The van der Waals surface area contributed by atoms with Crippen molar-refractivity contribution in [2.45, 2.75) is 19.9 Å². The summed E-state index contributed by atoms with van der Waals surface area (Å²) in [4.78, 5) is 3.92. The smallest absolute Gasteiger partial charge is 0.272 e. The predicted molar refractivity (Wildman–Crippen MR) is 53.1 cm³/mol. The fourth-order valence-corrected chi connectivity index (χ4v) is 1.10. The molecule has 0 bridgehead atoms. The van der Waals surface area contributed by atoms with Crippen LogP contribution in [0.15, 0.2) is 18.5 Å². The molecule has 5 heteroatoms. The molecule has 0 aliphatic carbocycles. The quantitative estimate of drug-likeness (QED) is 0.787. The van der Waals surface area contributed by atoms with E-state index in [1.165, 1.54) is 6.20 Å². The number of rotatable bonds is 6. The second-order valence-corrected chi connectivity index (χ2v) is 2.97. The van der Waals surface area contributed by atoms with Crippen molar-refractivity contribution in [3.8, 4) is 5.75 Å². The van der Waals surface area contributed by atoms with Crippen LogP contribution in [0.5, 0.6) is 5.75 Å². The van der Waals surface area contributed by atoms with Crippen molar-refractivity contribution in [1.82, 2.24) is 10.3 Å². The number of nitrogens with one attached hydrogen (secondary N) is 1. The first-order chi connectivity index (χ1) is 7.24. The molecule has 0 unspecified atom stereocenters. The van der Waals surface area contributed by atoms with Gasteiger partial charge in [-0.15, -0.1) is 0 Å². The number of hydrogen-bond donors (Lipinski definition) is 1. The molecule has 0 aliphatic rings. The maximum atomic E-state index is 11.9. The van der Waals surface area contributed by atoms with Gasteiger partial charge in [-0.25, -0.2) is 8.78 Å². The lowest BCUT2D eigenvalue weighted by Gasteiger charge is -2.10. The molecule has 0 saturated heterocycles. The van der Waals surface area contributed by atoms with Crippen LogP contribution in [0.4, 0.5) is 8.78 Å². The summed E-state index contributed by atoms with van der Waals surface area (Å²) in [5, 5.41) is 3.09. The first kappa shape index (κ1) is 11.8. The summed E-state index contributed by atoms with van der Waals surface area (Å²) >= 11 is 0. The number of aromatic nitrogens is 1. The minimum Gasteiger partial charge on any atom is -0.487 e. The average molecular weight is 216 g/mol. The maximum Gasteiger partial charge on any atom is 0.272 e. The van der Waals surface area contributed by atoms with E-state index in [0.717, 1.165) is 12.1 Å². The van der Waals surface area contributed by atoms with Crippen molar-refractivity contribution in [1.29, 1.82) is 0 Å². The monoisotopic (exact) mass is 216 g/mol. The summed E-state index contributed by atoms with van der Waals surface area (Å²) in [5.74, 6) is 0.464. The second-order valence-electron chi connectivity index (χ2n) is 2.97. The van der Waals surface area contributed by atoms with Crippen LogP contribution in [-0.4, -0.2) is 24.6 Å². The molecule has 0 atom stereocenters. The highest BCUT2D eigenvalue weighted by Gasteiger charge is 2.07. The summed E-state index contributed by atoms with van der Waals surface area (Å²) in [6.07, 6.45) is 0.685. The van der Waals surface area contributed by atoms with Gasteiger partial charge in [0, 0.05) is 24.5 Å². The van der Waals surface area contributed by atoms with Gasteiger partial charge in [0.2, 0.25) is 0 Å².